The largest absolute Gasteiger partial charge is 0.378 e. The van der Waals surface area contributed by atoms with Crippen LogP contribution in [-0.2, 0) is 9.53 Å². The maximum absolute atomic E-state index is 12.8. The van der Waals surface area contributed by atoms with Crippen LogP contribution in [0.15, 0.2) is 24.3 Å². The van der Waals surface area contributed by atoms with Crippen molar-refractivity contribution in [3.63, 3.8) is 0 Å². The van der Waals surface area contributed by atoms with Gasteiger partial charge < -0.3 is 10.1 Å². The highest BCUT2D eigenvalue weighted by Crippen LogP contribution is 2.10. The van der Waals surface area contributed by atoms with Crippen molar-refractivity contribution >= 4 is 11.7 Å². The van der Waals surface area contributed by atoms with Crippen molar-refractivity contribution < 1.29 is 18.7 Å². The molecular formula is C14H17FN2O3. The molecule has 6 heteroatoms. The molecule has 0 aliphatic carbocycles. The van der Waals surface area contributed by atoms with E-state index >= 15 is 0 Å². The summed E-state index contributed by atoms with van der Waals surface area (Å²) < 4.78 is 18.1. The average molecular weight is 280 g/mol. The van der Waals surface area contributed by atoms with E-state index in [9.17, 15) is 14.0 Å². The lowest BCUT2D eigenvalue weighted by Gasteiger charge is -2.33. The van der Waals surface area contributed by atoms with Crippen molar-refractivity contribution in [2.24, 2.45) is 0 Å². The number of nitrogens with zero attached hydrogens (tertiary/aromatic N) is 1. The van der Waals surface area contributed by atoms with Crippen LogP contribution in [0.1, 0.15) is 10.4 Å². The molecule has 1 aromatic rings. The summed E-state index contributed by atoms with van der Waals surface area (Å²) in [5.74, 6) is -0.687. The number of amides is 1. The molecule has 2 rings (SSSR count). The molecule has 0 spiro atoms. The Balaban J connectivity index is 2.04. The van der Waals surface area contributed by atoms with Crippen LogP contribution in [0, 0.1) is 5.82 Å². The number of halogens is 1. The van der Waals surface area contributed by atoms with E-state index in [0.29, 0.717) is 18.7 Å². The van der Waals surface area contributed by atoms with Crippen LogP contribution in [0.3, 0.4) is 0 Å². The fourth-order valence-corrected chi connectivity index (χ4v) is 2.15. The molecule has 1 amide bonds. The molecule has 20 heavy (non-hydrogen) atoms. The van der Waals surface area contributed by atoms with E-state index < -0.39 is 6.04 Å². The number of ether oxygens (including phenoxy) is 1. The van der Waals surface area contributed by atoms with E-state index in [-0.39, 0.29) is 30.7 Å². The third-order valence-corrected chi connectivity index (χ3v) is 3.30. The van der Waals surface area contributed by atoms with E-state index in [0.717, 1.165) is 0 Å². The highest BCUT2D eigenvalue weighted by atomic mass is 19.1. The Kier molecular flexibility index (Phi) is 4.81. The molecule has 1 aliphatic rings. The van der Waals surface area contributed by atoms with Crippen LogP contribution < -0.4 is 5.32 Å². The first-order valence-corrected chi connectivity index (χ1v) is 6.44. The van der Waals surface area contributed by atoms with Gasteiger partial charge in [-0.2, -0.15) is 0 Å². The number of hydrogen-bond donors (Lipinski definition) is 1. The predicted molar refractivity (Wildman–Crippen MR) is 71.0 cm³/mol. The second-order valence-electron chi connectivity index (χ2n) is 4.61. The van der Waals surface area contributed by atoms with Crippen molar-refractivity contribution in [2.45, 2.75) is 6.04 Å². The summed E-state index contributed by atoms with van der Waals surface area (Å²) in [4.78, 5) is 25.7. The fourth-order valence-electron chi connectivity index (χ4n) is 2.15. The minimum atomic E-state index is -0.460. The highest BCUT2D eigenvalue weighted by molar-refractivity contribution is 5.98. The van der Waals surface area contributed by atoms with E-state index in [1.165, 1.54) is 24.3 Å². The van der Waals surface area contributed by atoms with Crippen LogP contribution in [-0.4, -0.2) is 56.0 Å². The molecule has 5 nitrogen and oxygen atoms in total. The van der Waals surface area contributed by atoms with Gasteiger partial charge in [-0.3, -0.25) is 14.5 Å². The van der Waals surface area contributed by atoms with E-state index in [2.05, 4.69) is 5.32 Å². The molecule has 1 unspecified atom stereocenters. The van der Waals surface area contributed by atoms with Crippen molar-refractivity contribution in [3.05, 3.63) is 35.6 Å². The fraction of sp³-hybridized carbons (Fsp3) is 0.429. The Morgan fingerprint density at radius 1 is 1.40 bits per heavy atom. The number of nitrogens with one attached hydrogen (secondary N) is 1. The molecule has 0 saturated carbocycles. The predicted octanol–water partition coefficient (Wildman–Crippen LogP) is 0.455. The number of Topliss-reactive ketones (excluding diaryl/α,β-unsaturated/α-hetero) is 1. The lowest BCUT2D eigenvalue weighted by Crippen LogP contribution is -2.54. The first-order valence-electron chi connectivity index (χ1n) is 6.44. The minimum absolute atomic E-state index is 0.118. The standard InChI is InChI=1S/C14H17FN2O3/c1-16-14(19)12-9-20-7-6-17(12)8-13(18)10-2-4-11(15)5-3-10/h2-5,12H,6-9H2,1H3,(H,16,19). The van der Waals surface area contributed by atoms with Crippen molar-refractivity contribution in [3.8, 4) is 0 Å². The van der Waals surface area contributed by atoms with Gasteiger partial charge in [0, 0.05) is 19.2 Å². The quantitative estimate of drug-likeness (QED) is 0.814. The molecule has 0 bridgehead atoms. The van der Waals surface area contributed by atoms with Gasteiger partial charge in [-0.15, -0.1) is 0 Å². The summed E-state index contributed by atoms with van der Waals surface area (Å²) in [5, 5.41) is 2.56. The summed E-state index contributed by atoms with van der Waals surface area (Å²) in [6.45, 7) is 1.40. The number of carbonyl (C=O) groups excluding carboxylic acids is 2. The zero-order chi connectivity index (χ0) is 14.5. The van der Waals surface area contributed by atoms with Gasteiger partial charge in [0.05, 0.1) is 19.8 Å². The molecule has 0 radical (unpaired) electrons. The lowest BCUT2D eigenvalue weighted by molar-refractivity contribution is -0.131. The van der Waals surface area contributed by atoms with E-state index in [1.54, 1.807) is 11.9 Å². The van der Waals surface area contributed by atoms with Crippen LogP contribution in [0.2, 0.25) is 0 Å². The number of morpholine rings is 1. The van der Waals surface area contributed by atoms with Gasteiger partial charge in [0.2, 0.25) is 5.91 Å². The SMILES string of the molecule is CNC(=O)C1COCCN1CC(=O)c1ccc(F)cc1. The second-order valence-corrected chi connectivity index (χ2v) is 4.61. The van der Waals surface area contributed by atoms with Crippen molar-refractivity contribution in [1.29, 1.82) is 0 Å². The maximum atomic E-state index is 12.8. The van der Waals surface area contributed by atoms with Gasteiger partial charge >= 0.3 is 0 Å². The molecule has 108 valence electrons. The zero-order valence-electron chi connectivity index (χ0n) is 11.3. The number of likely N-dealkylation sites (N-methyl/N-ethyl adjacent to an activating group) is 1. The van der Waals surface area contributed by atoms with Gasteiger partial charge in [0.1, 0.15) is 11.9 Å². The van der Waals surface area contributed by atoms with Crippen LogP contribution in [0.4, 0.5) is 4.39 Å². The number of carbonyl (C=O) groups is 2. The summed E-state index contributed by atoms with van der Waals surface area (Å²) in [6.07, 6.45) is 0. The average Bonchev–Trinajstić information content (AvgIpc) is 2.47. The molecule has 1 N–H and O–H groups in total. The van der Waals surface area contributed by atoms with Gasteiger partial charge in [-0.05, 0) is 24.3 Å². The van der Waals surface area contributed by atoms with Gasteiger partial charge in [-0.25, -0.2) is 4.39 Å². The Labute approximate surface area is 116 Å². The minimum Gasteiger partial charge on any atom is -0.378 e. The number of benzene rings is 1. The summed E-state index contributed by atoms with van der Waals surface area (Å²) in [6, 6.07) is 4.95. The van der Waals surface area contributed by atoms with Gasteiger partial charge in [0.15, 0.2) is 5.78 Å². The molecular weight excluding hydrogens is 263 g/mol. The summed E-state index contributed by atoms with van der Waals surface area (Å²) in [5.41, 5.74) is 0.438. The van der Waals surface area contributed by atoms with Crippen LogP contribution >= 0.6 is 0 Å². The van der Waals surface area contributed by atoms with Crippen molar-refractivity contribution in [2.75, 3.05) is 33.4 Å². The second kappa shape index (κ2) is 6.58. The first kappa shape index (κ1) is 14.6. The third-order valence-electron chi connectivity index (χ3n) is 3.30. The Hall–Kier alpha value is -1.79. The smallest absolute Gasteiger partial charge is 0.239 e. The monoisotopic (exact) mass is 280 g/mol. The lowest BCUT2D eigenvalue weighted by atomic mass is 10.1. The summed E-state index contributed by atoms with van der Waals surface area (Å²) in [7, 11) is 1.55. The molecule has 1 aromatic carbocycles. The Morgan fingerprint density at radius 2 is 2.10 bits per heavy atom. The third kappa shape index (κ3) is 3.40. The molecule has 1 heterocycles. The molecule has 1 atom stereocenters. The number of ketones is 1. The Morgan fingerprint density at radius 3 is 2.75 bits per heavy atom. The molecule has 1 fully saturated rings. The molecule has 0 aromatic heterocycles. The molecule has 1 saturated heterocycles. The van der Waals surface area contributed by atoms with E-state index in [1.807, 2.05) is 0 Å². The van der Waals surface area contributed by atoms with Crippen molar-refractivity contribution in [1.82, 2.24) is 10.2 Å². The van der Waals surface area contributed by atoms with Gasteiger partial charge in [0.25, 0.3) is 0 Å². The summed E-state index contributed by atoms with van der Waals surface area (Å²) >= 11 is 0. The topological polar surface area (TPSA) is 58.6 Å². The Bertz CT molecular complexity index is 490. The number of hydrogen-bond acceptors (Lipinski definition) is 4. The van der Waals surface area contributed by atoms with Crippen LogP contribution in [0.25, 0.3) is 0 Å². The van der Waals surface area contributed by atoms with E-state index in [4.69, 9.17) is 4.74 Å². The maximum Gasteiger partial charge on any atom is 0.239 e. The molecule has 1 aliphatic heterocycles. The van der Waals surface area contributed by atoms with Gasteiger partial charge in [-0.1, -0.05) is 0 Å². The number of rotatable bonds is 4. The zero-order valence-corrected chi connectivity index (χ0v) is 11.3. The highest BCUT2D eigenvalue weighted by Gasteiger charge is 2.30. The first-order chi connectivity index (χ1) is 9.61. The van der Waals surface area contributed by atoms with Crippen LogP contribution in [0.5, 0.6) is 0 Å². The normalized spacial score (nSPS) is 19.6.